The standard InChI is InChI=1S/C24H21ClN2O6/c1-15-20(23(28)29)22(18-11-6-12-19(14-18)27(31)32)21(16(2)26(15)25)24(30)33-13-7-10-17-8-4-3-5-9-17/h3-12,14,22H,13H2,1-2H3,(H,28,29). The summed E-state index contributed by atoms with van der Waals surface area (Å²) in [7, 11) is 0. The van der Waals surface area contributed by atoms with Crippen LogP contribution in [0.3, 0.4) is 0 Å². The molecule has 0 aromatic heterocycles. The van der Waals surface area contributed by atoms with Gasteiger partial charge in [0.15, 0.2) is 0 Å². The molecule has 3 rings (SSSR count). The second-order valence-corrected chi connectivity index (χ2v) is 7.62. The highest BCUT2D eigenvalue weighted by atomic mass is 35.5. The Hall–Kier alpha value is -3.91. The maximum atomic E-state index is 13.1. The van der Waals surface area contributed by atoms with Gasteiger partial charge in [-0.25, -0.2) is 9.59 Å². The number of ether oxygens (including phenoxy) is 1. The van der Waals surface area contributed by atoms with Gasteiger partial charge >= 0.3 is 11.9 Å². The summed E-state index contributed by atoms with van der Waals surface area (Å²) >= 11 is 6.30. The lowest BCUT2D eigenvalue weighted by atomic mass is 9.80. The second-order valence-electron chi connectivity index (χ2n) is 7.28. The van der Waals surface area contributed by atoms with Crippen molar-refractivity contribution in [1.29, 1.82) is 0 Å². The summed E-state index contributed by atoms with van der Waals surface area (Å²) in [6, 6.07) is 14.9. The molecule has 9 heteroatoms. The van der Waals surface area contributed by atoms with E-state index in [1.807, 2.05) is 30.3 Å². The highest BCUT2D eigenvalue weighted by Gasteiger charge is 2.40. The Kier molecular flexibility index (Phi) is 7.30. The van der Waals surface area contributed by atoms with Crippen LogP contribution in [-0.2, 0) is 14.3 Å². The fourth-order valence-electron chi connectivity index (χ4n) is 3.67. The molecule has 0 radical (unpaired) electrons. The van der Waals surface area contributed by atoms with Gasteiger partial charge in [-0.3, -0.25) is 14.5 Å². The number of carboxylic acid groups (broad SMARTS) is 1. The summed E-state index contributed by atoms with van der Waals surface area (Å²) in [5.41, 5.74) is 1.31. The molecule has 2 aromatic rings. The number of halogens is 1. The molecule has 0 aliphatic carbocycles. The third-order valence-electron chi connectivity index (χ3n) is 5.23. The van der Waals surface area contributed by atoms with Crippen LogP contribution in [0.25, 0.3) is 6.08 Å². The number of benzene rings is 2. The smallest absolute Gasteiger partial charge is 0.337 e. The number of carbonyl (C=O) groups is 2. The number of esters is 1. The van der Waals surface area contributed by atoms with E-state index in [1.165, 1.54) is 31.2 Å². The van der Waals surface area contributed by atoms with Crippen molar-refractivity contribution in [1.82, 2.24) is 4.42 Å². The van der Waals surface area contributed by atoms with Crippen LogP contribution in [0.2, 0.25) is 0 Å². The van der Waals surface area contributed by atoms with Crippen LogP contribution < -0.4 is 0 Å². The number of nitro groups is 1. The first-order valence-electron chi connectivity index (χ1n) is 9.96. The molecule has 0 saturated carbocycles. The molecule has 0 saturated heterocycles. The highest BCUT2D eigenvalue weighted by Crippen LogP contribution is 2.43. The van der Waals surface area contributed by atoms with Gasteiger partial charge in [0.2, 0.25) is 0 Å². The number of nitro benzene ring substituents is 1. The SMILES string of the molecule is CC1=C(C(=O)O)C(c2cccc([N+](=O)[O-])c2)C(C(=O)OCC=Cc2ccccc2)=C(C)N1Cl. The third kappa shape index (κ3) is 5.12. The van der Waals surface area contributed by atoms with Crippen molar-refractivity contribution in [2.45, 2.75) is 19.8 Å². The maximum absolute atomic E-state index is 13.1. The number of allylic oxidation sites excluding steroid dienone is 2. The van der Waals surface area contributed by atoms with E-state index in [0.717, 1.165) is 9.98 Å². The Morgan fingerprint density at radius 1 is 1.12 bits per heavy atom. The molecule has 0 spiro atoms. The van der Waals surface area contributed by atoms with Crippen molar-refractivity contribution in [3.05, 3.63) is 104 Å². The number of hydrogen-bond donors (Lipinski definition) is 1. The van der Waals surface area contributed by atoms with Gasteiger partial charge in [0.25, 0.3) is 5.69 Å². The molecule has 0 fully saturated rings. The molecule has 0 bridgehead atoms. The van der Waals surface area contributed by atoms with Crippen LogP contribution in [0, 0.1) is 10.1 Å². The van der Waals surface area contributed by atoms with Gasteiger partial charge in [-0.2, -0.15) is 0 Å². The number of rotatable bonds is 7. The minimum absolute atomic E-state index is 0.00149. The highest BCUT2D eigenvalue weighted by molar-refractivity contribution is 6.17. The Labute approximate surface area is 195 Å². The van der Waals surface area contributed by atoms with E-state index < -0.39 is 22.8 Å². The van der Waals surface area contributed by atoms with Crippen LogP contribution in [0.4, 0.5) is 5.69 Å². The Morgan fingerprint density at radius 3 is 2.42 bits per heavy atom. The lowest BCUT2D eigenvalue weighted by Gasteiger charge is -2.33. The Balaban J connectivity index is 1.98. The van der Waals surface area contributed by atoms with E-state index >= 15 is 0 Å². The first-order chi connectivity index (χ1) is 15.7. The zero-order chi connectivity index (χ0) is 24.1. The van der Waals surface area contributed by atoms with E-state index in [4.69, 9.17) is 16.5 Å². The van der Waals surface area contributed by atoms with E-state index in [1.54, 1.807) is 19.1 Å². The van der Waals surface area contributed by atoms with E-state index in [2.05, 4.69) is 0 Å². The number of nitrogens with zero attached hydrogens (tertiary/aromatic N) is 2. The van der Waals surface area contributed by atoms with Crippen LogP contribution in [0.5, 0.6) is 0 Å². The molecule has 33 heavy (non-hydrogen) atoms. The molecule has 1 aliphatic rings. The number of non-ortho nitro benzene ring substituents is 1. The van der Waals surface area contributed by atoms with Crippen LogP contribution >= 0.6 is 11.8 Å². The van der Waals surface area contributed by atoms with Crippen molar-refractivity contribution in [2.75, 3.05) is 6.61 Å². The molecule has 1 aliphatic heterocycles. The quantitative estimate of drug-likeness (QED) is 0.262. The van der Waals surface area contributed by atoms with Gasteiger partial charge in [-0.05, 0) is 31.1 Å². The fourth-order valence-corrected chi connectivity index (χ4v) is 3.85. The molecule has 2 aromatic carbocycles. The Bertz CT molecular complexity index is 1190. The molecule has 170 valence electrons. The topological polar surface area (TPSA) is 110 Å². The number of aliphatic carboxylic acids is 1. The van der Waals surface area contributed by atoms with Gasteiger partial charge in [-0.15, -0.1) is 0 Å². The van der Waals surface area contributed by atoms with Gasteiger partial charge in [0.05, 0.1) is 22.0 Å². The first kappa shape index (κ1) is 23.7. The minimum Gasteiger partial charge on any atom is -0.478 e. The van der Waals surface area contributed by atoms with Crippen molar-refractivity contribution >= 4 is 35.5 Å². The van der Waals surface area contributed by atoms with Gasteiger partial charge in [0.1, 0.15) is 6.61 Å². The number of hydrogen-bond acceptors (Lipinski definition) is 6. The van der Waals surface area contributed by atoms with E-state index in [9.17, 15) is 24.8 Å². The second kappa shape index (κ2) is 10.1. The summed E-state index contributed by atoms with van der Waals surface area (Å²) in [4.78, 5) is 35.9. The zero-order valence-electron chi connectivity index (χ0n) is 17.9. The zero-order valence-corrected chi connectivity index (χ0v) is 18.7. The van der Waals surface area contributed by atoms with Crippen LogP contribution in [-0.4, -0.2) is 33.0 Å². The largest absolute Gasteiger partial charge is 0.478 e. The fraction of sp³-hybridized carbons (Fsp3) is 0.167. The molecule has 1 N–H and O–H groups in total. The van der Waals surface area contributed by atoms with Crippen molar-refractivity contribution in [3.63, 3.8) is 0 Å². The average molecular weight is 469 g/mol. The summed E-state index contributed by atoms with van der Waals surface area (Å²) in [6.45, 7) is 3.02. The van der Waals surface area contributed by atoms with Gasteiger partial charge in [-0.1, -0.05) is 48.5 Å². The van der Waals surface area contributed by atoms with E-state index in [0.29, 0.717) is 0 Å². The van der Waals surface area contributed by atoms with Crippen molar-refractivity contribution in [2.24, 2.45) is 0 Å². The lowest BCUT2D eigenvalue weighted by Crippen LogP contribution is -2.31. The number of carboxylic acids is 1. The molecule has 1 heterocycles. The van der Waals surface area contributed by atoms with Crippen molar-refractivity contribution < 1.29 is 24.4 Å². The molecule has 1 unspecified atom stereocenters. The minimum atomic E-state index is -1.29. The lowest BCUT2D eigenvalue weighted by molar-refractivity contribution is -0.384. The summed E-state index contributed by atoms with van der Waals surface area (Å²) in [5.74, 6) is -3.15. The molecular formula is C24H21ClN2O6. The molecule has 1 atom stereocenters. The van der Waals surface area contributed by atoms with Crippen LogP contribution in [0.1, 0.15) is 30.9 Å². The third-order valence-corrected chi connectivity index (χ3v) is 5.74. The van der Waals surface area contributed by atoms with Gasteiger partial charge < -0.3 is 9.84 Å². The Morgan fingerprint density at radius 2 is 1.79 bits per heavy atom. The molecule has 8 nitrogen and oxygen atoms in total. The molecule has 0 amide bonds. The average Bonchev–Trinajstić information content (AvgIpc) is 2.80. The predicted molar refractivity (Wildman–Crippen MR) is 123 cm³/mol. The first-order valence-corrected chi connectivity index (χ1v) is 10.3. The number of carbonyl (C=O) groups excluding carboxylic acids is 1. The molecular weight excluding hydrogens is 448 g/mol. The summed E-state index contributed by atoms with van der Waals surface area (Å²) in [6.07, 6.45) is 3.44. The summed E-state index contributed by atoms with van der Waals surface area (Å²) in [5, 5.41) is 21.2. The monoisotopic (exact) mass is 468 g/mol. The van der Waals surface area contributed by atoms with Crippen molar-refractivity contribution in [3.8, 4) is 0 Å². The van der Waals surface area contributed by atoms with Crippen LogP contribution in [0.15, 0.2) is 83.2 Å². The summed E-state index contributed by atoms with van der Waals surface area (Å²) < 4.78 is 6.49. The maximum Gasteiger partial charge on any atom is 0.337 e. The van der Waals surface area contributed by atoms with E-state index in [-0.39, 0.29) is 40.4 Å². The normalized spacial score (nSPS) is 16.3. The van der Waals surface area contributed by atoms with Gasteiger partial charge in [0, 0.05) is 35.3 Å². The predicted octanol–water partition coefficient (Wildman–Crippen LogP) is 5.04.